The Balaban J connectivity index is 1.88. The van der Waals surface area contributed by atoms with E-state index in [0.717, 1.165) is 37.4 Å². The number of hydrogen-bond acceptors (Lipinski definition) is 7. The van der Waals surface area contributed by atoms with Crippen molar-refractivity contribution in [1.29, 1.82) is 0 Å². The van der Waals surface area contributed by atoms with E-state index in [1.807, 2.05) is 26.0 Å². The van der Waals surface area contributed by atoms with Gasteiger partial charge in [0.25, 0.3) is 0 Å². The van der Waals surface area contributed by atoms with Crippen molar-refractivity contribution in [3.05, 3.63) is 24.0 Å². The number of alkyl carbamates (subject to hydrolysis) is 1. The molecule has 1 aliphatic heterocycles. The number of carbonyl (C=O) groups excluding carboxylic acids is 2. The van der Waals surface area contributed by atoms with E-state index in [1.165, 1.54) is 0 Å². The van der Waals surface area contributed by atoms with Crippen molar-refractivity contribution in [3.8, 4) is 5.75 Å². The third-order valence-electron chi connectivity index (χ3n) is 6.57. The molecule has 36 heavy (non-hydrogen) atoms. The zero-order valence-corrected chi connectivity index (χ0v) is 23.2. The molecule has 3 rings (SSSR count). The summed E-state index contributed by atoms with van der Waals surface area (Å²) in [5, 5.41) is 2.91. The average molecular weight is 505 g/mol. The van der Waals surface area contributed by atoms with E-state index in [9.17, 15) is 9.59 Å². The largest absolute Gasteiger partial charge is 0.490 e. The van der Waals surface area contributed by atoms with Crippen LogP contribution >= 0.6 is 0 Å². The summed E-state index contributed by atoms with van der Waals surface area (Å²) in [7, 11) is 0. The maximum absolute atomic E-state index is 13.4. The molecule has 2 aliphatic rings. The van der Waals surface area contributed by atoms with Gasteiger partial charge in [-0.25, -0.2) is 9.59 Å². The molecular weight excluding hydrogens is 460 g/mol. The van der Waals surface area contributed by atoms with Gasteiger partial charge in [0, 0.05) is 38.2 Å². The fourth-order valence-electron chi connectivity index (χ4n) is 4.98. The summed E-state index contributed by atoms with van der Waals surface area (Å²) in [5.74, 6) is -0.0425. The lowest BCUT2D eigenvalue weighted by atomic mass is 9.84. The van der Waals surface area contributed by atoms with Crippen LogP contribution in [0.5, 0.6) is 5.75 Å². The second-order valence-electron chi connectivity index (χ2n) is 12.3. The number of amides is 1. The molecule has 0 bridgehead atoms. The van der Waals surface area contributed by atoms with Crippen LogP contribution in [-0.4, -0.2) is 46.2 Å². The SMILES string of the molecule is CC(C)C[C@H](NC(=O)OC(C)(C)C)[C@@]1(Cc2cc(OC3CCC(C)CC3)ccn2)OC(C)(C)OC1=O. The van der Waals surface area contributed by atoms with Crippen molar-refractivity contribution < 1.29 is 28.5 Å². The average Bonchev–Trinajstić information content (AvgIpc) is 2.96. The molecule has 8 nitrogen and oxygen atoms in total. The first-order valence-corrected chi connectivity index (χ1v) is 13.2. The zero-order valence-electron chi connectivity index (χ0n) is 23.2. The van der Waals surface area contributed by atoms with Crippen LogP contribution in [0.3, 0.4) is 0 Å². The van der Waals surface area contributed by atoms with Crippen LogP contribution in [0.2, 0.25) is 0 Å². The van der Waals surface area contributed by atoms with Crippen molar-refractivity contribution >= 4 is 12.1 Å². The molecule has 0 radical (unpaired) electrons. The van der Waals surface area contributed by atoms with Gasteiger partial charge in [-0.15, -0.1) is 0 Å². The number of hydrogen-bond donors (Lipinski definition) is 1. The van der Waals surface area contributed by atoms with E-state index >= 15 is 0 Å². The topological polar surface area (TPSA) is 96.0 Å². The number of ether oxygens (including phenoxy) is 4. The summed E-state index contributed by atoms with van der Waals surface area (Å²) in [6, 6.07) is 3.02. The van der Waals surface area contributed by atoms with E-state index in [-0.39, 0.29) is 18.4 Å². The van der Waals surface area contributed by atoms with Crippen molar-refractivity contribution in [2.75, 3.05) is 0 Å². The lowest BCUT2D eigenvalue weighted by Gasteiger charge is -2.36. The quantitative estimate of drug-likeness (QED) is 0.462. The molecule has 8 heteroatoms. The Morgan fingerprint density at radius 1 is 1.22 bits per heavy atom. The Hall–Kier alpha value is -2.35. The van der Waals surface area contributed by atoms with E-state index in [2.05, 4.69) is 17.2 Å². The van der Waals surface area contributed by atoms with Gasteiger partial charge in [0.1, 0.15) is 11.4 Å². The van der Waals surface area contributed by atoms with Crippen LogP contribution in [0.1, 0.15) is 93.2 Å². The molecule has 1 aliphatic carbocycles. The number of carbonyl (C=O) groups is 2. The van der Waals surface area contributed by atoms with Crippen molar-refractivity contribution in [2.24, 2.45) is 11.8 Å². The van der Waals surface area contributed by atoms with Crippen molar-refractivity contribution in [3.63, 3.8) is 0 Å². The number of aromatic nitrogens is 1. The number of nitrogens with one attached hydrogen (secondary N) is 1. The molecule has 2 fully saturated rings. The first-order chi connectivity index (χ1) is 16.7. The van der Waals surface area contributed by atoms with Gasteiger partial charge in [-0.1, -0.05) is 20.8 Å². The first-order valence-electron chi connectivity index (χ1n) is 13.2. The van der Waals surface area contributed by atoms with Gasteiger partial charge < -0.3 is 24.3 Å². The lowest BCUT2D eigenvalue weighted by Crippen LogP contribution is -2.59. The first kappa shape index (κ1) is 28.2. The fraction of sp³-hybridized carbons (Fsp3) is 0.750. The Morgan fingerprint density at radius 2 is 1.89 bits per heavy atom. The highest BCUT2D eigenvalue weighted by atomic mass is 16.8. The molecule has 1 aromatic heterocycles. The minimum atomic E-state index is -1.46. The van der Waals surface area contributed by atoms with Gasteiger partial charge in [-0.2, -0.15) is 0 Å². The predicted octanol–water partition coefficient (Wildman–Crippen LogP) is 5.57. The number of cyclic esters (lactones) is 1. The molecule has 0 unspecified atom stereocenters. The summed E-state index contributed by atoms with van der Waals surface area (Å²) >= 11 is 0. The van der Waals surface area contributed by atoms with Gasteiger partial charge in [0.2, 0.25) is 5.79 Å². The fourth-order valence-corrected chi connectivity index (χ4v) is 4.98. The maximum Gasteiger partial charge on any atom is 0.407 e. The van der Waals surface area contributed by atoms with Gasteiger partial charge in [0.05, 0.1) is 12.1 Å². The summed E-state index contributed by atoms with van der Waals surface area (Å²) in [4.78, 5) is 30.8. The molecule has 1 amide bonds. The van der Waals surface area contributed by atoms with Crippen LogP contribution in [0.4, 0.5) is 4.79 Å². The Labute approximate surface area is 215 Å². The summed E-state index contributed by atoms with van der Waals surface area (Å²) in [6.45, 7) is 15.1. The normalized spacial score (nSPS) is 26.9. The standard InChI is InChI=1S/C28H44N2O6/c1-18(2)15-23(30-25(32)35-26(4,5)6)28(24(31)34-27(7,8)36-28)17-20-16-22(13-14-29-20)33-21-11-9-19(3)10-12-21/h13-14,16,18-19,21,23H,9-12,15,17H2,1-8H3,(H,30,32)/t19?,21?,23-,28+/m0/s1. The van der Waals surface area contributed by atoms with E-state index in [0.29, 0.717) is 12.1 Å². The second kappa shape index (κ2) is 11.0. The van der Waals surface area contributed by atoms with Crippen molar-refractivity contribution in [2.45, 2.75) is 123 Å². The molecule has 0 aromatic carbocycles. The number of rotatable bonds is 8. The Kier molecular flexibility index (Phi) is 8.59. The van der Waals surface area contributed by atoms with Gasteiger partial charge in [0.15, 0.2) is 5.60 Å². The molecule has 1 aromatic rings. The summed E-state index contributed by atoms with van der Waals surface area (Å²) in [5.41, 5.74) is -1.51. The molecule has 2 atom stereocenters. The van der Waals surface area contributed by atoms with E-state index < -0.39 is 35.1 Å². The lowest BCUT2D eigenvalue weighted by molar-refractivity contribution is -0.170. The smallest absolute Gasteiger partial charge is 0.407 e. The molecule has 0 spiro atoms. The van der Waals surface area contributed by atoms with Crippen LogP contribution in [0, 0.1) is 11.8 Å². The molecule has 1 N–H and O–H groups in total. The number of esters is 1. The van der Waals surface area contributed by atoms with Crippen LogP contribution in [0.15, 0.2) is 18.3 Å². The minimum Gasteiger partial charge on any atom is -0.490 e. The van der Waals surface area contributed by atoms with Crippen LogP contribution in [0.25, 0.3) is 0 Å². The molecule has 202 valence electrons. The maximum atomic E-state index is 13.4. The molecule has 1 saturated heterocycles. The summed E-state index contributed by atoms with van der Waals surface area (Å²) < 4.78 is 23.7. The number of nitrogens with zero attached hydrogens (tertiary/aromatic N) is 1. The molecular formula is C28H44N2O6. The van der Waals surface area contributed by atoms with Crippen molar-refractivity contribution in [1.82, 2.24) is 10.3 Å². The third kappa shape index (κ3) is 7.58. The Morgan fingerprint density at radius 3 is 2.44 bits per heavy atom. The van der Waals surface area contributed by atoms with E-state index in [1.54, 1.807) is 40.8 Å². The van der Waals surface area contributed by atoms with Gasteiger partial charge in [-0.05, 0) is 70.8 Å². The highest BCUT2D eigenvalue weighted by molar-refractivity contribution is 5.84. The molecule has 2 heterocycles. The van der Waals surface area contributed by atoms with Crippen LogP contribution in [-0.2, 0) is 25.4 Å². The van der Waals surface area contributed by atoms with E-state index in [4.69, 9.17) is 18.9 Å². The Bertz CT molecular complexity index is 917. The zero-order chi connectivity index (χ0) is 26.7. The number of pyridine rings is 1. The highest BCUT2D eigenvalue weighted by Crippen LogP contribution is 2.39. The minimum absolute atomic E-state index is 0.126. The second-order valence-corrected chi connectivity index (χ2v) is 12.3. The van der Waals surface area contributed by atoms with Gasteiger partial charge in [-0.3, -0.25) is 4.98 Å². The van der Waals surface area contributed by atoms with Gasteiger partial charge >= 0.3 is 12.1 Å². The third-order valence-corrected chi connectivity index (χ3v) is 6.57. The predicted molar refractivity (Wildman–Crippen MR) is 137 cm³/mol. The molecule has 1 saturated carbocycles. The highest BCUT2D eigenvalue weighted by Gasteiger charge is 2.59. The monoisotopic (exact) mass is 504 g/mol. The van der Waals surface area contributed by atoms with Crippen LogP contribution < -0.4 is 10.1 Å². The summed E-state index contributed by atoms with van der Waals surface area (Å²) in [6.07, 6.45) is 6.26.